The summed E-state index contributed by atoms with van der Waals surface area (Å²) in [6.07, 6.45) is 2.82. The number of urea groups is 1. The van der Waals surface area contributed by atoms with Gasteiger partial charge in [0.25, 0.3) is 0 Å². The van der Waals surface area contributed by atoms with Gasteiger partial charge in [-0.15, -0.1) is 0 Å². The molecule has 0 atom stereocenters. The molecule has 11 nitrogen and oxygen atoms in total. The third-order valence-corrected chi connectivity index (χ3v) is 6.48. The number of ether oxygens (including phenoxy) is 1. The van der Waals surface area contributed by atoms with E-state index in [1.807, 2.05) is 34.9 Å². The Morgan fingerprint density at radius 2 is 1.80 bits per heavy atom. The number of hydrogen-bond donors (Lipinski definition) is 1. The first kappa shape index (κ1) is 22.5. The summed E-state index contributed by atoms with van der Waals surface area (Å²) in [4.78, 5) is 47.9. The van der Waals surface area contributed by atoms with Gasteiger partial charge in [-0.2, -0.15) is 0 Å². The number of hydrogen-bond acceptors (Lipinski definition) is 6. The molecule has 4 heterocycles. The second kappa shape index (κ2) is 9.16. The summed E-state index contributed by atoms with van der Waals surface area (Å²) in [7, 11) is 1.59. The second-order valence-corrected chi connectivity index (χ2v) is 8.50. The largest absolute Gasteiger partial charge is 0.497 e. The van der Waals surface area contributed by atoms with Crippen LogP contribution in [0.2, 0.25) is 0 Å². The van der Waals surface area contributed by atoms with Crippen LogP contribution in [0.3, 0.4) is 0 Å². The molecular weight excluding hydrogens is 452 g/mol. The lowest BCUT2D eigenvalue weighted by molar-refractivity contribution is -0.129. The van der Waals surface area contributed by atoms with Crippen LogP contribution in [0.1, 0.15) is 12.0 Å². The first-order valence-corrected chi connectivity index (χ1v) is 11.4. The summed E-state index contributed by atoms with van der Waals surface area (Å²) in [5, 5.41) is 9.16. The molecule has 0 aliphatic carbocycles. The fourth-order valence-corrected chi connectivity index (χ4v) is 4.48. The van der Waals surface area contributed by atoms with E-state index >= 15 is 0 Å². The molecule has 182 valence electrons. The van der Waals surface area contributed by atoms with Crippen LogP contribution in [-0.2, 0) is 11.3 Å². The maximum absolute atomic E-state index is 13.3. The predicted octanol–water partition coefficient (Wildman–Crippen LogP) is 2.50. The Kier molecular flexibility index (Phi) is 5.89. The Labute approximate surface area is 201 Å². The van der Waals surface area contributed by atoms with Gasteiger partial charge < -0.3 is 19.6 Å². The highest BCUT2D eigenvalue weighted by Gasteiger charge is 2.34. The van der Waals surface area contributed by atoms with Crippen LogP contribution in [0.5, 0.6) is 5.75 Å². The number of carbonyl (C=O) groups excluding carboxylic acids is 2. The van der Waals surface area contributed by atoms with Crippen molar-refractivity contribution in [2.75, 3.05) is 49.6 Å². The van der Waals surface area contributed by atoms with Crippen molar-refractivity contribution in [3.63, 3.8) is 0 Å². The summed E-state index contributed by atoms with van der Waals surface area (Å²) in [6.45, 7) is 2.55. The zero-order valence-corrected chi connectivity index (χ0v) is 19.3. The highest BCUT2D eigenvalue weighted by molar-refractivity contribution is 6.05. The van der Waals surface area contributed by atoms with Gasteiger partial charge in [0, 0.05) is 57.1 Å². The minimum atomic E-state index is -0.899. The number of carbonyl (C=O) groups is 3. The van der Waals surface area contributed by atoms with Crippen molar-refractivity contribution < 1.29 is 24.2 Å². The van der Waals surface area contributed by atoms with Gasteiger partial charge in [-0.3, -0.25) is 19.0 Å². The third kappa shape index (κ3) is 4.32. The van der Waals surface area contributed by atoms with Crippen LogP contribution in [0.25, 0.3) is 5.65 Å². The SMILES string of the molecule is COc1ccc(CN2C(=O)CCN(c3cnc4cc(N5CCN(C(=O)O)CC5)ccn34)C2=O)cc1. The molecule has 2 aliphatic heterocycles. The van der Waals surface area contributed by atoms with Crippen molar-refractivity contribution in [1.82, 2.24) is 19.2 Å². The number of pyridine rings is 1. The number of carboxylic acid groups (broad SMARTS) is 1. The van der Waals surface area contributed by atoms with Crippen LogP contribution >= 0.6 is 0 Å². The molecule has 0 bridgehead atoms. The highest BCUT2D eigenvalue weighted by Crippen LogP contribution is 2.26. The average molecular weight is 479 g/mol. The number of rotatable bonds is 5. The van der Waals surface area contributed by atoms with Gasteiger partial charge in [-0.05, 0) is 23.8 Å². The number of benzene rings is 1. The van der Waals surface area contributed by atoms with E-state index in [0.717, 1.165) is 11.3 Å². The summed E-state index contributed by atoms with van der Waals surface area (Å²) in [6, 6.07) is 10.8. The molecule has 2 fully saturated rings. The number of anilines is 2. The lowest BCUT2D eigenvalue weighted by Crippen LogP contribution is -2.52. The molecule has 35 heavy (non-hydrogen) atoms. The third-order valence-electron chi connectivity index (χ3n) is 6.48. The fourth-order valence-electron chi connectivity index (χ4n) is 4.48. The highest BCUT2D eigenvalue weighted by atomic mass is 16.5. The molecule has 0 unspecified atom stereocenters. The van der Waals surface area contributed by atoms with E-state index in [-0.39, 0.29) is 31.4 Å². The number of fused-ring (bicyclic) bond motifs is 1. The average Bonchev–Trinajstić information content (AvgIpc) is 3.30. The molecule has 5 rings (SSSR count). The van der Waals surface area contributed by atoms with Crippen LogP contribution in [0, 0.1) is 0 Å². The molecule has 2 saturated heterocycles. The normalized spacial score (nSPS) is 16.8. The van der Waals surface area contributed by atoms with Gasteiger partial charge in [0.1, 0.15) is 17.2 Å². The number of nitrogens with zero attached hydrogens (tertiary/aromatic N) is 6. The zero-order valence-electron chi connectivity index (χ0n) is 19.3. The van der Waals surface area contributed by atoms with E-state index in [2.05, 4.69) is 9.88 Å². The van der Waals surface area contributed by atoms with Crippen LogP contribution in [0.4, 0.5) is 21.1 Å². The van der Waals surface area contributed by atoms with Gasteiger partial charge in [-0.1, -0.05) is 12.1 Å². The quantitative estimate of drug-likeness (QED) is 0.600. The smallest absolute Gasteiger partial charge is 0.407 e. The number of methoxy groups -OCH3 is 1. The Bertz CT molecular complexity index is 1270. The summed E-state index contributed by atoms with van der Waals surface area (Å²) in [5.74, 6) is 1.10. The number of imide groups is 1. The van der Waals surface area contributed by atoms with E-state index in [1.165, 1.54) is 9.80 Å². The van der Waals surface area contributed by atoms with E-state index in [1.54, 1.807) is 30.3 Å². The Morgan fingerprint density at radius 3 is 2.49 bits per heavy atom. The van der Waals surface area contributed by atoms with Crippen LogP contribution in [0.15, 0.2) is 48.8 Å². The summed E-state index contributed by atoms with van der Waals surface area (Å²) < 4.78 is 7.01. The second-order valence-electron chi connectivity index (χ2n) is 8.50. The number of imidazole rings is 1. The molecule has 2 aliphatic rings. The lowest BCUT2D eigenvalue weighted by atomic mass is 10.2. The van der Waals surface area contributed by atoms with Gasteiger partial charge >= 0.3 is 12.1 Å². The van der Waals surface area contributed by atoms with E-state index in [0.29, 0.717) is 43.4 Å². The Hall–Kier alpha value is -4.28. The standard InChI is InChI=1S/C24H26N6O5/c1-35-19-4-2-17(3-5-19)16-30-22(31)7-9-29(23(30)32)21-15-25-20-14-18(6-8-28(20)21)26-10-12-27(13-11-26)24(33)34/h2-6,8,14-15H,7,9-13,16H2,1H3,(H,33,34). The van der Waals surface area contributed by atoms with Crippen LogP contribution in [-0.4, -0.2) is 82.2 Å². The van der Waals surface area contributed by atoms with Gasteiger partial charge in [0.15, 0.2) is 0 Å². The summed E-state index contributed by atoms with van der Waals surface area (Å²) in [5.41, 5.74) is 2.45. The number of amides is 4. The fraction of sp³-hybridized carbons (Fsp3) is 0.333. The van der Waals surface area contributed by atoms with Gasteiger partial charge in [0.2, 0.25) is 5.91 Å². The first-order valence-electron chi connectivity index (χ1n) is 11.4. The van der Waals surface area contributed by atoms with Crippen molar-refractivity contribution in [2.45, 2.75) is 13.0 Å². The van der Waals surface area contributed by atoms with Crippen molar-refractivity contribution in [2.24, 2.45) is 0 Å². The van der Waals surface area contributed by atoms with Crippen molar-refractivity contribution in [3.05, 3.63) is 54.4 Å². The molecule has 2 aromatic heterocycles. The van der Waals surface area contributed by atoms with E-state index < -0.39 is 6.09 Å². The molecule has 0 radical (unpaired) electrons. The van der Waals surface area contributed by atoms with E-state index in [9.17, 15) is 14.4 Å². The lowest BCUT2D eigenvalue weighted by Gasteiger charge is -2.35. The topological polar surface area (TPSA) is 111 Å². The van der Waals surface area contributed by atoms with Crippen LogP contribution < -0.4 is 14.5 Å². The minimum absolute atomic E-state index is 0.182. The summed E-state index contributed by atoms with van der Waals surface area (Å²) >= 11 is 0. The first-order chi connectivity index (χ1) is 16.9. The molecule has 0 spiro atoms. The Balaban J connectivity index is 1.34. The number of piperazine rings is 1. The maximum Gasteiger partial charge on any atom is 0.407 e. The molecule has 3 aromatic rings. The number of aromatic nitrogens is 2. The predicted molar refractivity (Wildman–Crippen MR) is 128 cm³/mol. The monoisotopic (exact) mass is 478 g/mol. The van der Waals surface area contributed by atoms with Gasteiger partial charge in [-0.25, -0.2) is 14.6 Å². The molecule has 0 saturated carbocycles. The molecule has 1 aromatic carbocycles. The molecule has 11 heteroatoms. The van der Waals surface area contributed by atoms with Crippen molar-refractivity contribution in [1.29, 1.82) is 0 Å². The maximum atomic E-state index is 13.3. The van der Waals surface area contributed by atoms with E-state index in [4.69, 9.17) is 9.84 Å². The molecule has 4 amide bonds. The van der Waals surface area contributed by atoms with Crippen molar-refractivity contribution in [3.8, 4) is 5.75 Å². The van der Waals surface area contributed by atoms with Gasteiger partial charge in [0.05, 0.1) is 19.9 Å². The Morgan fingerprint density at radius 1 is 1.06 bits per heavy atom. The molecule has 1 N–H and O–H groups in total. The zero-order chi connectivity index (χ0) is 24.5. The van der Waals surface area contributed by atoms with Crippen molar-refractivity contribution >= 4 is 35.2 Å². The minimum Gasteiger partial charge on any atom is -0.497 e. The molecular formula is C24H26N6O5.